The molecule has 0 aromatic heterocycles. The molecule has 3 nitrogen and oxygen atoms in total. The van der Waals surface area contributed by atoms with Crippen molar-refractivity contribution in [1.82, 2.24) is 0 Å². The van der Waals surface area contributed by atoms with Crippen LogP contribution in [0.5, 0.6) is 0 Å². The maximum atomic E-state index is 14.5. The van der Waals surface area contributed by atoms with E-state index in [-0.39, 0.29) is 0 Å². The van der Waals surface area contributed by atoms with Gasteiger partial charge in [0.2, 0.25) is 0 Å². The fraction of sp³-hybridized carbons (Fsp3) is 0.727. The van der Waals surface area contributed by atoms with Crippen molar-refractivity contribution in [2.75, 3.05) is 6.61 Å². The number of rotatable bonds is 2. The van der Waals surface area contributed by atoms with Crippen molar-refractivity contribution in [1.29, 1.82) is 0 Å². The summed E-state index contributed by atoms with van der Waals surface area (Å²) in [5, 5.41) is 19.0. The zero-order chi connectivity index (χ0) is 12.6. The third kappa shape index (κ3) is 1.96. The Hall–Kier alpha value is -0.605. The van der Waals surface area contributed by atoms with Gasteiger partial charge in [-0.15, -0.1) is 5.73 Å². The molecule has 1 unspecified atom stereocenters. The van der Waals surface area contributed by atoms with Crippen molar-refractivity contribution in [3.8, 4) is 0 Å². The summed E-state index contributed by atoms with van der Waals surface area (Å²) in [5.74, 6) is 0. The van der Waals surface area contributed by atoms with Gasteiger partial charge in [-0.3, -0.25) is 0 Å². The van der Waals surface area contributed by atoms with E-state index in [1.165, 1.54) is 6.92 Å². The van der Waals surface area contributed by atoms with E-state index in [4.69, 9.17) is 17.7 Å². The molecular formula is C11H16BFO3. The van der Waals surface area contributed by atoms with Crippen molar-refractivity contribution in [3.05, 3.63) is 17.4 Å². The van der Waals surface area contributed by atoms with E-state index >= 15 is 0 Å². The molecule has 0 amide bonds. The van der Waals surface area contributed by atoms with Crippen molar-refractivity contribution in [3.63, 3.8) is 0 Å². The second-order valence-electron chi connectivity index (χ2n) is 4.43. The zero-order valence-corrected chi connectivity index (χ0v) is 9.70. The van der Waals surface area contributed by atoms with Gasteiger partial charge in [0.15, 0.2) is 5.67 Å². The highest BCUT2D eigenvalue weighted by atomic mass is 19.1. The van der Waals surface area contributed by atoms with Gasteiger partial charge in [0.1, 0.15) is 19.6 Å². The van der Waals surface area contributed by atoms with Crippen LogP contribution in [0.1, 0.15) is 20.8 Å². The van der Waals surface area contributed by atoms with Crippen molar-refractivity contribution in [2.24, 2.45) is 0 Å². The Morgan fingerprint density at radius 1 is 1.62 bits per heavy atom. The van der Waals surface area contributed by atoms with E-state index in [0.717, 1.165) is 11.6 Å². The first-order valence-corrected chi connectivity index (χ1v) is 5.10. The highest BCUT2D eigenvalue weighted by molar-refractivity contribution is 6.12. The highest BCUT2D eigenvalue weighted by Gasteiger charge is 2.61. The van der Waals surface area contributed by atoms with Crippen LogP contribution in [0.25, 0.3) is 0 Å². The average molecular weight is 226 g/mol. The van der Waals surface area contributed by atoms with Gasteiger partial charge in [-0.05, 0) is 32.4 Å². The molecule has 1 aliphatic heterocycles. The molecular weight excluding hydrogens is 210 g/mol. The number of hydrogen-bond donors (Lipinski definition) is 2. The molecule has 4 atom stereocenters. The van der Waals surface area contributed by atoms with Gasteiger partial charge in [-0.25, -0.2) is 4.39 Å². The summed E-state index contributed by atoms with van der Waals surface area (Å²) >= 11 is 0. The van der Waals surface area contributed by atoms with E-state index in [0.29, 0.717) is 0 Å². The summed E-state index contributed by atoms with van der Waals surface area (Å²) in [6, 6.07) is -1.31. The number of aliphatic hydroxyl groups is 2. The number of alkyl halides is 1. The number of halogens is 1. The predicted molar refractivity (Wildman–Crippen MR) is 58.9 cm³/mol. The Bertz CT molecular complexity index is 332. The van der Waals surface area contributed by atoms with Crippen molar-refractivity contribution < 1.29 is 19.3 Å². The first-order chi connectivity index (χ1) is 7.25. The zero-order valence-electron chi connectivity index (χ0n) is 9.70. The van der Waals surface area contributed by atoms with Crippen LogP contribution in [0, 0.1) is 0 Å². The van der Waals surface area contributed by atoms with E-state index in [1.54, 1.807) is 13.8 Å². The van der Waals surface area contributed by atoms with Crippen LogP contribution in [0.3, 0.4) is 0 Å². The van der Waals surface area contributed by atoms with E-state index < -0.39 is 30.0 Å². The lowest BCUT2D eigenvalue weighted by molar-refractivity contribution is -0.0807. The Kier molecular flexibility index (Phi) is 3.65. The molecule has 2 radical (unpaired) electrons. The van der Waals surface area contributed by atoms with E-state index in [2.05, 4.69) is 5.73 Å². The standard InChI is InChI=1S/C11H16BFO3/c1-7(2)4-5-11(13)9(12)16-8(6-14)10(11,3)15/h5,8-9,14-15H,6H2,1-3H3/t8-,9-,10+,11?/m1/s1. The highest BCUT2D eigenvalue weighted by Crippen LogP contribution is 2.42. The molecule has 0 aromatic rings. The van der Waals surface area contributed by atoms with E-state index in [9.17, 15) is 9.50 Å². The minimum Gasteiger partial charge on any atom is -0.394 e. The molecule has 0 aliphatic carbocycles. The molecule has 0 saturated carbocycles. The van der Waals surface area contributed by atoms with Crippen LogP contribution in [-0.4, -0.2) is 48.0 Å². The Balaban J connectivity index is 3.16. The Labute approximate surface area is 96.0 Å². The number of aliphatic hydroxyl groups excluding tert-OH is 1. The molecule has 1 aliphatic rings. The lowest BCUT2D eigenvalue weighted by Gasteiger charge is -2.32. The fourth-order valence-electron chi connectivity index (χ4n) is 1.64. The van der Waals surface area contributed by atoms with Gasteiger partial charge in [0.25, 0.3) is 0 Å². The van der Waals surface area contributed by atoms with Gasteiger partial charge < -0.3 is 14.9 Å². The second kappa shape index (κ2) is 4.34. The summed E-state index contributed by atoms with van der Waals surface area (Å²) in [7, 11) is 5.49. The van der Waals surface area contributed by atoms with Gasteiger partial charge in [0.05, 0.1) is 12.6 Å². The maximum absolute atomic E-state index is 14.5. The van der Waals surface area contributed by atoms with Gasteiger partial charge in [-0.2, -0.15) is 0 Å². The first-order valence-electron chi connectivity index (χ1n) is 5.10. The maximum Gasteiger partial charge on any atom is 0.184 e. The first kappa shape index (κ1) is 13.5. The number of hydrogen-bond acceptors (Lipinski definition) is 3. The molecule has 88 valence electrons. The number of ether oxygens (including phenoxy) is 1. The summed E-state index contributed by atoms with van der Waals surface area (Å²) in [6.07, 6.45) is 0.0329. The Morgan fingerprint density at radius 2 is 2.19 bits per heavy atom. The van der Waals surface area contributed by atoms with Crippen molar-refractivity contribution >= 4 is 7.85 Å². The predicted octanol–water partition coefficient (Wildman–Crippen LogP) is 0.453. The van der Waals surface area contributed by atoms with Crippen LogP contribution >= 0.6 is 0 Å². The molecule has 0 spiro atoms. The topological polar surface area (TPSA) is 49.7 Å². The summed E-state index contributed by atoms with van der Waals surface area (Å²) in [5.41, 5.74) is -0.693. The van der Waals surface area contributed by atoms with Crippen molar-refractivity contribution in [2.45, 2.75) is 44.1 Å². The second-order valence-corrected chi connectivity index (χ2v) is 4.43. The molecule has 1 heterocycles. The largest absolute Gasteiger partial charge is 0.394 e. The normalized spacial score (nSPS) is 42.9. The summed E-state index contributed by atoms with van der Waals surface area (Å²) < 4.78 is 19.5. The third-order valence-electron chi connectivity index (χ3n) is 2.86. The summed E-state index contributed by atoms with van der Waals surface area (Å²) in [4.78, 5) is 0. The SMILES string of the molecule is [B][C@@H]1O[C@H](CO)[C@](C)(O)C1(F)C=C=C(C)C. The summed E-state index contributed by atoms with van der Waals surface area (Å²) in [6.45, 7) is 4.26. The lowest BCUT2D eigenvalue weighted by Crippen LogP contribution is -2.53. The molecule has 1 fully saturated rings. The minimum atomic E-state index is -2.25. The smallest absolute Gasteiger partial charge is 0.184 e. The van der Waals surface area contributed by atoms with E-state index in [1.807, 2.05) is 0 Å². The molecule has 1 saturated heterocycles. The molecule has 16 heavy (non-hydrogen) atoms. The monoisotopic (exact) mass is 226 g/mol. The molecule has 1 rings (SSSR count). The van der Waals surface area contributed by atoms with Gasteiger partial charge in [-0.1, -0.05) is 0 Å². The lowest BCUT2D eigenvalue weighted by atomic mass is 9.74. The minimum absolute atomic E-state index is 0.491. The average Bonchev–Trinajstić information content (AvgIpc) is 2.36. The molecule has 5 heteroatoms. The fourth-order valence-corrected chi connectivity index (χ4v) is 1.64. The molecule has 0 aromatic carbocycles. The van der Waals surface area contributed by atoms with Crippen LogP contribution in [-0.2, 0) is 4.74 Å². The molecule has 0 bridgehead atoms. The van der Waals surface area contributed by atoms with Crippen LogP contribution in [0.2, 0.25) is 0 Å². The van der Waals surface area contributed by atoms with Gasteiger partial charge >= 0.3 is 0 Å². The Morgan fingerprint density at radius 3 is 2.56 bits per heavy atom. The van der Waals surface area contributed by atoms with Crippen LogP contribution < -0.4 is 0 Å². The van der Waals surface area contributed by atoms with Crippen LogP contribution in [0.4, 0.5) is 4.39 Å². The van der Waals surface area contributed by atoms with Crippen LogP contribution in [0.15, 0.2) is 17.4 Å². The third-order valence-corrected chi connectivity index (χ3v) is 2.86. The quantitative estimate of drug-likeness (QED) is 0.531. The molecule has 2 N–H and O–H groups in total. The van der Waals surface area contributed by atoms with Gasteiger partial charge in [0, 0.05) is 0 Å².